The van der Waals surface area contributed by atoms with Gasteiger partial charge in [-0.1, -0.05) is 11.6 Å². The summed E-state index contributed by atoms with van der Waals surface area (Å²) in [5.41, 5.74) is 6.85. The predicted octanol–water partition coefficient (Wildman–Crippen LogP) is 2.51. The SMILES string of the molecule is CC(=O)c1nn(-c2ccc(Cl)cc2)c(C(C)=O)c1N. The molecule has 0 spiro atoms. The Balaban J connectivity index is 2.68. The molecule has 98 valence electrons. The van der Waals surface area contributed by atoms with Gasteiger partial charge in [-0.05, 0) is 24.3 Å². The Kier molecular flexibility index (Phi) is 3.40. The summed E-state index contributed by atoms with van der Waals surface area (Å²) in [6.07, 6.45) is 0. The number of anilines is 1. The molecule has 19 heavy (non-hydrogen) atoms. The average molecular weight is 278 g/mol. The van der Waals surface area contributed by atoms with Crippen molar-refractivity contribution in [2.45, 2.75) is 13.8 Å². The van der Waals surface area contributed by atoms with Crippen LogP contribution in [-0.4, -0.2) is 21.3 Å². The maximum Gasteiger partial charge on any atom is 0.182 e. The highest BCUT2D eigenvalue weighted by Gasteiger charge is 2.22. The summed E-state index contributed by atoms with van der Waals surface area (Å²) in [5, 5.41) is 4.68. The molecule has 0 radical (unpaired) electrons. The number of carbonyl (C=O) groups is 2. The first-order chi connectivity index (χ1) is 8.91. The number of rotatable bonds is 3. The number of hydrogen-bond acceptors (Lipinski definition) is 4. The number of ketones is 2. The second-order valence-corrected chi connectivity index (χ2v) is 4.55. The lowest BCUT2D eigenvalue weighted by Gasteiger charge is -2.05. The number of benzene rings is 1. The highest BCUT2D eigenvalue weighted by Crippen LogP contribution is 2.23. The first-order valence-corrected chi connectivity index (χ1v) is 5.96. The Morgan fingerprint density at radius 1 is 1.16 bits per heavy atom. The molecule has 0 saturated heterocycles. The van der Waals surface area contributed by atoms with E-state index in [4.69, 9.17) is 17.3 Å². The fourth-order valence-electron chi connectivity index (χ4n) is 1.80. The third-order valence-electron chi connectivity index (χ3n) is 2.66. The number of Topliss-reactive ketones (excluding diaryl/α,β-unsaturated/α-hetero) is 2. The van der Waals surface area contributed by atoms with Crippen LogP contribution in [0, 0.1) is 0 Å². The molecular weight excluding hydrogens is 266 g/mol. The number of nitrogens with two attached hydrogens (primary N) is 1. The van der Waals surface area contributed by atoms with Gasteiger partial charge in [-0.15, -0.1) is 0 Å². The van der Waals surface area contributed by atoms with Crippen molar-refractivity contribution in [3.63, 3.8) is 0 Å². The molecule has 0 atom stereocenters. The molecule has 2 aromatic rings. The minimum absolute atomic E-state index is 0.0974. The van der Waals surface area contributed by atoms with Crippen molar-refractivity contribution in [1.29, 1.82) is 0 Å². The Bertz CT molecular complexity index is 659. The number of aromatic nitrogens is 2. The van der Waals surface area contributed by atoms with Crippen LogP contribution < -0.4 is 5.73 Å². The highest BCUT2D eigenvalue weighted by molar-refractivity contribution is 6.30. The summed E-state index contributed by atoms with van der Waals surface area (Å²) in [7, 11) is 0. The summed E-state index contributed by atoms with van der Waals surface area (Å²) in [5.74, 6) is -0.542. The molecule has 0 aliphatic heterocycles. The molecule has 0 aliphatic carbocycles. The lowest BCUT2D eigenvalue weighted by molar-refractivity contribution is 0.1000. The molecule has 2 N–H and O–H groups in total. The Morgan fingerprint density at radius 3 is 2.21 bits per heavy atom. The van der Waals surface area contributed by atoms with Crippen LogP contribution in [0.4, 0.5) is 5.69 Å². The molecule has 0 aliphatic rings. The van der Waals surface area contributed by atoms with Gasteiger partial charge >= 0.3 is 0 Å². The zero-order chi connectivity index (χ0) is 14.2. The van der Waals surface area contributed by atoms with Crippen LogP contribution in [0.1, 0.15) is 34.8 Å². The zero-order valence-electron chi connectivity index (χ0n) is 10.5. The minimum Gasteiger partial charge on any atom is -0.395 e. The van der Waals surface area contributed by atoms with Crippen LogP contribution in [0.15, 0.2) is 24.3 Å². The topological polar surface area (TPSA) is 78.0 Å². The minimum atomic E-state index is -0.285. The summed E-state index contributed by atoms with van der Waals surface area (Å²) >= 11 is 5.81. The third kappa shape index (κ3) is 2.37. The van der Waals surface area contributed by atoms with E-state index in [0.717, 1.165) is 0 Å². The van der Waals surface area contributed by atoms with Crippen LogP contribution >= 0.6 is 11.6 Å². The van der Waals surface area contributed by atoms with Crippen molar-refractivity contribution in [1.82, 2.24) is 9.78 Å². The predicted molar refractivity (Wildman–Crippen MR) is 73.0 cm³/mol. The van der Waals surface area contributed by atoms with Gasteiger partial charge in [0.05, 0.1) is 11.4 Å². The first kappa shape index (κ1) is 13.3. The Labute approximate surface area is 115 Å². The van der Waals surface area contributed by atoms with E-state index in [-0.39, 0.29) is 28.6 Å². The molecule has 1 heterocycles. The van der Waals surface area contributed by atoms with E-state index in [2.05, 4.69) is 5.10 Å². The zero-order valence-corrected chi connectivity index (χ0v) is 11.2. The summed E-state index contributed by atoms with van der Waals surface area (Å²) < 4.78 is 1.37. The average Bonchev–Trinajstić information content (AvgIpc) is 2.68. The van der Waals surface area contributed by atoms with Gasteiger partial charge in [-0.25, -0.2) is 4.68 Å². The standard InChI is InChI=1S/C13H12ClN3O2/c1-7(18)12-11(15)13(8(2)19)17(16-12)10-5-3-9(14)4-6-10/h3-6H,15H2,1-2H3. The van der Waals surface area contributed by atoms with Crippen molar-refractivity contribution in [2.24, 2.45) is 0 Å². The number of nitrogens with zero attached hydrogens (tertiary/aromatic N) is 2. The van der Waals surface area contributed by atoms with E-state index in [0.29, 0.717) is 10.7 Å². The molecule has 0 amide bonds. The van der Waals surface area contributed by atoms with E-state index in [1.165, 1.54) is 18.5 Å². The molecule has 2 rings (SSSR count). The Morgan fingerprint density at radius 2 is 1.74 bits per heavy atom. The Hall–Kier alpha value is -2.14. The fourth-order valence-corrected chi connectivity index (χ4v) is 1.92. The van der Waals surface area contributed by atoms with Gasteiger partial charge in [-0.2, -0.15) is 5.10 Å². The molecule has 0 unspecified atom stereocenters. The highest BCUT2D eigenvalue weighted by atomic mass is 35.5. The molecule has 5 nitrogen and oxygen atoms in total. The molecule has 0 saturated carbocycles. The van der Waals surface area contributed by atoms with Crippen molar-refractivity contribution in [3.8, 4) is 5.69 Å². The largest absolute Gasteiger partial charge is 0.395 e. The lowest BCUT2D eigenvalue weighted by atomic mass is 10.2. The maximum atomic E-state index is 11.7. The van der Waals surface area contributed by atoms with Crippen molar-refractivity contribution >= 4 is 28.9 Å². The van der Waals surface area contributed by atoms with Crippen LogP contribution in [-0.2, 0) is 0 Å². The quantitative estimate of drug-likeness (QED) is 0.875. The van der Waals surface area contributed by atoms with Gasteiger partial charge < -0.3 is 5.73 Å². The smallest absolute Gasteiger partial charge is 0.182 e. The third-order valence-corrected chi connectivity index (χ3v) is 2.91. The lowest BCUT2D eigenvalue weighted by Crippen LogP contribution is -2.07. The number of hydrogen-bond donors (Lipinski definition) is 1. The van der Waals surface area contributed by atoms with Crippen molar-refractivity contribution in [2.75, 3.05) is 5.73 Å². The van der Waals surface area contributed by atoms with Crippen LogP contribution in [0.3, 0.4) is 0 Å². The summed E-state index contributed by atoms with van der Waals surface area (Å²) in [4.78, 5) is 23.1. The molecule has 0 bridgehead atoms. The van der Waals surface area contributed by atoms with Crippen molar-refractivity contribution in [3.05, 3.63) is 40.7 Å². The number of nitrogen functional groups attached to an aromatic ring is 1. The number of carbonyl (C=O) groups excluding carboxylic acids is 2. The molecular formula is C13H12ClN3O2. The fraction of sp³-hybridized carbons (Fsp3) is 0.154. The van der Waals surface area contributed by atoms with Gasteiger partial charge in [-0.3, -0.25) is 9.59 Å². The van der Waals surface area contributed by atoms with E-state index in [9.17, 15) is 9.59 Å². The second kappa shape index (κ2) is 4.85. The van der Waals surface area contributed by atoms with Gasteiger partial charge in [0.25, 0.3) is 0 Å². The van der Waals surface area contributed by atoms with E-state index in [1.807, 2.05) is 0 Å². The first-order valence-electron chi connectivity index (χ1n) is 5.58. The van der Waals surface area contributed by atoms with Crippen LogP contribution in [0.25, 0.3) is 5.69 Å². The van der Waals surface area contributed by atoms with Crippen molar-refractivity contribution < 1.29 is 9.59 Å². The normalized spacial score (nSPS) is 10.5. The molecule has 1 aromatic carbocycles. The second-order valence-electron chi connectivity index (χ2n) is 4.11. The van der Waals surface area contributed by atoms with E-state index < -0.39 is 0 Å². The summed E-state index contributed by atoms with van der Waals surface area (Å²) in [6, 6.07) is 6.74. The molecule has 1 aromatic heterocycles. The number of halogens is 1. The monoisotopic (exact) mass is 277 g/mol. The van der Waals surface area contributed by atoms with Gasteiger partial charge in [0.1, 0.15) is 5.69 Å². The van der Waals surface area contributed by atoms with E-state index in [1.54, 1.807) is 24.3 Å². The molecule has 6 heteroatoms. The molecule has 0 fully saturated rings. The van der Waals surface area contributed by atoms with E-state index >= 15 is 0 Å². The van der Waals surface area contributed by atoms with Gasteiger partial charge in [0, 0.05) is 18.9 Å². The van der Waals surface area contributed by atoms with Gasteiger partial charge in [0.15, 0.2) is 17.3 Å². The van der Waals surface area contributed by atoms with Crippen LogP contribution in [0.2, 0.25) is 5.02 Å². The summed E-state index contributed by atoms with van der Waals surface area (Å²) in [6.45, 7) is 2.73. The van der Waals surface area contributed by atoms with Gasteiger partial charge in [0.2, 0.25) is 0 Å². The maximum absolute atomic E-state index is 11.7. The van der Waals surface area contributed by atoms with Crippen LogP contribution in [0.5, 0.6) is 0 Å².